The number of hydrogen-bond donors (Lipinski definition) is 2. The number of hydrogen-bond acceptors (Lipinski definition) is 4. The van der Waals surface area contributed by atoms with Gasteiger partial charge in [-0.3, -0.25) is 4.79 Å². The zero-order valence-electron chi connectivity index (χ0n) is 9.61. The maximum absolute atomic E-state index is 11.2. The van der Waals surface area contributed by atoms with Gasteiger partial charge in [-0.05, 0) is 24.7 Å². The molecule has 0 aliphatic rings. The molecule has 0 unspecified atom stereocenters. The Balaban J connectivity index is 3.11. The Bertz CT molecular complexity index is 379. The molecule has 0 saturated carbocycles. The van der Waals surface area contributed by atoms with Crippen molar-refractivity contribution < 1.29 is 14.3 Å². The van der Waals surface area contributed by atoms with Crippen molar-refractivity contribution in [3.63, 3.8) is 0 Å². The first kappa shape index (κ1) is 12.3. The number of likely N-dealkylation sites (N-methyl/N-ethyl adjacent to an activating group) is 1. The second-order valence-corrected chi connectivity index (χ2v) is 3.24. The highest BCUT2D eigenvalue weighted by atomic mass is 16.5. The van der Waals surface area contributed by atoms with Crippen LogP contribution in [0.25, 0.3) is 0 Å². The molecule has 0 bridgehead atoms. The first-order chi connectivity index (χ1) is 7.63. The van der Waals surface area contributed by atoms with Gasteiger partial charge in [0.15, 0.2) is 11.5 Å². The van der Waals surface area contributed by atoms with Gasteiger partial charge in [-0.15, -0.1) is 0 Å². The van der Waals surface area contributed by atoms with Crippen LogP contribution in [0.1, 0.15) is 11.6 Å². The smallest absolute Gasteiger partial charge is 0.239 e. The molecule has 5 heteroatoms. The third-order valence-corrected chi connectivity index (χ3v) is 2.31. The fourth-order valence-corrected chi connectivity index (χ4v) is 1.51. The van der Waals surface area contributed by atoms with Crippen molar-refractivity contribution >= 4 is 5.91 Å². The quantitative estimate of drug-likeness (QED) is 0.761. The first-order valence-corrected chi connectivity index (χ1v) is 4.82. The summed E-state index contributed by atoms with van der Waals surface area (Å²) in [7, 11) is 4.77. The number of nitrogens with two attached hydrogens (primary N) is 1. The monoisotopic (exact) mass is 224 g/mol. The van der Waals surface area contributed by atoms with E-state index < -0.39 is 11.9 Å². The number of ether oxygens (including phenoxy) is 2. The van der Waals surface area contributed by atoms with Gasteiger partial charge in [-0.25, -0.2) is 0 Å². The standard InChI is InChI=1S/C11H16N2O3/c1-13-10(11(12)14)7-4-5-8(15-2)9(6-7)16-3/h4-6,10,13H,1-3H3,(H2,12,14)/t10-/m1/s1. The minimum Gasteiger partial charge on any atom is -0.493 e. The van der Waals surface area contributed by atoms with Crippen molar-refractivity contribution in [1.82, 2.24) is 5.32 Å². The molecule has 0 heterocycles. The summed E-state index contributed by atoms with van der Waals surface area (Å²) < 4.78 is 10.2. The Kier molecular flexibility index (Phi) is 4.13. The minimum atomic E-state index is -0.528. The van der Waals surface area contributed by atoms with Crippen LogP contribution in [0.2, 0.25) is 0 Å². The van der Waals surface area contributed by atoms with Crippen molar-refractivity contribution in [3.8, 4) is 11.5 Å². The molecule has 16 heavy (non-hydrogen) atoms. The number of amides is 1. The highest BCUT2D eigenvalue weighted by Gasteiger charge is 2.17. The van der Waals surface area contributed by atoms with Gasteiger partial charge in [0.2, 0.25) is 5.91 Å². The van der Waals surface area contributed by atoms with Crippen molar-refractivity contribution in [3.05, 3.63) is 23.8 Å². The summed E-state index contributed by atoms with van der Waals surface area (Å²) in [5.74, 6) is 0.752. The molecule has 88 valence electrons. The number of nitrogens with one attached hydrogen (secondary N) is 1. The van der Waals surface area contributed by atoms with E-state index in [0.717, 1.165) is 5.56 Å². The molecule has 0 aliphatic heterocycles. The molecule has 1 amide bonds. The van der Waals surface area contributed by atoms with E-state index in [-0.39, 0.29) is 0 Å². The molecular formula is C11H16N2O3. The zero-order chi connectivity index (χ0) is 12.1. The molecule has 0 saturated heterocycles. The number of primary amides is 1. The molecule has 0 spiro atoms. The topological polar surface area (TPSA) is 73.6 Å². The summed E-state index contributed by atoms with van der Waals surface area (Å²) in [4.78, 5) is 11.2. The fourth-order valence-electron chi connectivity index (χ4n) is 1.51. The van der Waals surface area contributed by atoms with Crippen molar-refractivity contribution in [2.24, 2.45) is 5.73 Å². The number of rotatable bonds is 5. The lowest BCUT2D eigenvalue weighted by Gasteiger charge is -2.15. The van der Waals surface area contributed by atoms with Crippen molar-refractivity contribution in [2.75, 3.05) is 21.3 Å². The number of benzene rings is 1. The lowest BCUT2D eigenvalue weighted by molar-refractivity contribution is -0.120. The van der Waals surface area contributed by atoms with E-state index in [0.29, 0.717) is 11.5 Å². The normalized spacial score (nSPS) is 11.9. The zero-order valence-corrected chi connectivity index (χ0v) is 9.61. The van der Waals surface area contributed by atoms with Crippen LogP contribution in [0, 0.1) is 0 Å². The summed E-state index contributed by atoms with van der Waals surface area (Å²) in [6.07, 6.45) is 0. The van der Waals surface area contributed by atoms with Gasteiger partial charge in [0.05, 0.1) is 14.2 Å². The van der Waals surface area contributed by atoms with Crippen LogP contribution in [-0.2, 0) is 4.79 Å². The highest BCUT2D eigenvalue weighted by Crippen LogP contribution is 2.29. The Labute approximate surface area is 94.5 Å². The van der Waals surface area contributed by atoms with Gasteiger partial charge in [-0.2, -0.15) is 0 Å². The maximum atomic E-state index is 11.2. The van der Waals surface area contributed by atoms with E-state index in [1.165, 1.54) is 0 Å². The Hall–Kier alpha value is -1.75. The molecule has 1 atom stereocenters. The Morgan fingerprint density at radius 2 is 1.94 bits per heavy atom. The fraction of sp³-hybridized carbons (Fsp3) is 0.364. The van der Waals surface area contributed by atoms with Crippen LogP contribution in [0.3, 0.4) is 0 Å². The van der Waals surface area contributed by atoms with Crippen molar-refractivity contribution in [2.45, 2.75) is 6.04 Å². The van der Waals surface area contributed by atoms with Crippen LogP contribution in [-0.4, -0.2) is 27.2 Å². The lowest BCUT2D eigenvalue weighted by atomic mass is 10.1. The van der Waals surface area contributed by atoms with Gasteiger partial charge < -0.3 is 20.5 Å². The summed E-state index contributed by atoms with van der Waals surface area (Å²) >= 11 is 0. The van der Waals surface area contributed by atoms with E-state index in [1.54, 1.807) is 39.5 Å². The molecule has 5 nitrogen and oxygen atoms in total. The predicted molar refractivity (Wildman–Crippen MR) is 60.5 cm³/mol. The number of carbonyl (C=O) groups is 1. The van der Waals surface area contributed by atoms with Gasteiger partial charge in [0, 0.05) is 0 Å². The van der Waals surface area contributed by atoms with E-state index in [2.05, 4.69) is 5.32 Å². The van der Waals surface area contributed by atoms with Gasteiger partial charge in [0.1, 0.15) is 6.04 Å². The average molecular weight is 224 g/mol. The molecule has 1 aromatic carbocycles. The SMILES string of the molecule is CN[C@@H](C(N)=O)c1ccc(OC)c(OC)c1. The van der Waals surface area contributed by atoms with Gasteiger partial charge in [0.25, 0.3) is 0 Å². The maximum Gasteiger partial charge on any atom is 0.239 e. The first-order valence-electron chi connectivity index (χ1n) is 4.82. The van der Waals surface area contributed by atoms with E-state index in [4.69, 9.17) is 15.2 Å². The predicted octanol–water partition coefficient (Wildman–Crippen LogP) is 0.450. The summed E-state index contributed by atoms with van der Waals surface area (Å²) in [6.45, 7) is 0. The van der Waals surface area contributed by atoms with Crippen LogP contribution >= 0.6 is 0 Å². The molecule has 0 aromatic heterocycles. The van der Waals surface area contributed by atoms with Crippen LogP contribution in [0.15, 0.2) is 18.2 Å². The number of carbonyl (C=O) groups excluding carboxylic acids is 1. The Morgan fingerprint density at radius 3 is 2.38 bits per heavy atom. The van der Waals surface area contributed by atoms with E-state index >= 15 is 0 Å². The van der Waals surface area contributed by atoms with Gasteiger partial charge in [-0.1, -0.05) is 6.07 Å². The summed E-state index contributed by atoms with van der Waals surface area (Å²) in [6, 6.07) is 4.71. The summed E-state index contributed by atoms with van der Waals surface area (Å²) in [5.41, 5.74) is 6.01. The van der Waals surface area contributed by atoms with E-state index in [1.807, 2.05) is 0 Å². The Morgan fingerprint density at radius 1 is 1.31 bits per heavy atom. The van der Waals surface area contributed by atoms with E-state index in [9.17, 15) is 4.79 Å². The minimum absolute atomic E-state index is 0.435. The van der Waals surface area contributed by atoms with Gasteiger partial charge >= 0.3 is 0 Å². The number of methoxy groups -OCH3 is 2. The molecule has 3 N–H and O–H groups in total. The van der Waals surface area contributed by atoms with Crippen LogP contribution in [0.5, 0.6) is 11.5 Å². The summed E-state index contributed by atoms with van der Waals surface area (Å²) in [5, 5.41) is 2.84. The largest absolute Gasteiger partial charge is 0.493 e. The second kappa shape index (κ2) is 5.37. The lowest BCUT2D eigenvalue weighted by Crippen LogP contribution is -2.31. The van der Waals surface area contributed by atoms with Crippen molar-refractivity contribution in [1.29, 1.82) is 0 Å². The molecule has 0 aliphatic carbocycles. The third kappa shape index (κ3) is 2.43. The molecule has 0 fully saturated rings. The third-order valence-electron chi connectivity index (χ3n) is 2.31. The average Bonchev–Trinajstić information content (AvgIpc) is 2.29. The molecule has 0 radical (unpaired) electrons. The van der Waals surface area contributed by atoms with Crippen LogP contribution < -0.4 is 20.5 Å². The van der Waals surface area contributed by atoms with Crippen LogP contribution in [0.4, 0.5) is 0 Å². The molecular weight excluding hydrogens is 208 g/mol. The molecule has 1 aromatic rings. The molecule has 1 rings (SSSR count). The second-order valence-electron chi connectivity index (χ2n) is 3.24. The highest BCUT2D eigenvalue weighted by molar-refractivity contribution is 5.81.